The molecule has 0 spiro atoms. The lowest BCUT2D eigenvalue weighted by molar-refractivity contribution is 0.0667. The van der Waals surface area contributed by atoms with Crippen LogP contribution in [-0.2, 0) is 0 Å². The summed E-state index contributed by atoms with van der Waals surface area (Å²) in [6, 6.07) is 10.2. The van der Waals surface area contributed by atoms with E-state index in [0.717, 1.165) is 36.2 Å². The monoisotopic (exact) mass is 349 g/mol. The predicted molar refractivity (Wildman–Crippen MR) is 99.9 cm³/mol. The van der Waals surface area contributed by atoms with Gasteiger partial charge in [0.05, 0.1) is 17.9 Å². The minimum atomic E-state index is 0.00411. The van der Waals surface area contributed by atoms with Gasteiger partial charge in [0.2, 0.25) is 0 Å². The number of amides is 1. The zero-order valence-corrected chi connectivity index (χ0v) is 15.1. The third-order valence-corrected chi connectivity index (χ3v) is 4.94. The maximum absolute atomic E-state index is 12.9. The summed E-state index contributed by atoms with van der Waals surface area (Å²) in [6.45, 7) is 5.54. The number of hydrogen-bond acceptors (Lipinski definition) is 3. The van der Waals surface area contributed by atoms with Crippen LogP contribution in [0.5, 0.6) is 0 Å². The fraction of sp³-hybridized carbons (Fsp3) is 0.350. The van der Waals surface area contributed by atoms with Crippen LogP contribution in [0.2, 0.25) is 0 Å². The number of piperidine rings is 1. The number of aryl methyl sites for hydroxylation is 2. The number of nitrogens with one attached hydrogen (secondary N) is 1. The number of benzene rings is 1. The molecule has 4 rings (SSSR count). The van der Waals surface area contributed by atoms with Crippen LogP contribution >= 0.6 is 0 Å². The summed E-state index contributed by atoms with van der Waals surface area (Å²) in [5, 5.41) is 11.6. The van der Waals surface area contributed by atoms with Gasteiger partial charge in [-0.3, -0.25) is 14.6 Å². The minimum Gasteiger partial charge on any atom is -0.335 e. The third kappa shape index (κ3) is 3.27. The van der Waals surface area contributed by atoms with Crippen molar-refractivity contribution in [2.45, 2.75) is 32.7 Å². The van der Waals surface area contributed by atoms with Crippen molar-refractivity contribution in [3.05, 3.63) is 59.5 Å². The van der Waals surface area contributed by atoms with Crippen LogP contribution in [0.25, 0.3) is 11.3 Å². The van der Waals surface area contributed by atoms with Gasteiger partial charge in [0.1, 0.15) is 5.69 Å². The number of hydrogen-bond donors (Lipinski definition) is 1. The molecule has 1 aliphatic heterocycles. The molecule has 1 N–H and O–H groups in total. The van der Waals surface area contributed by atoms with Crippen LogP contribution in [-0.4, -0.2) is 43.9 Å². The highest BCUT2D eigenvalue weighted by molar-refractivity contribution is 5.93. The first-order valence-electron chi connectivity index (χ1n) is 9.02. The van der Waals surface area contributed by atoms with Gasteiger partial charge in [-0.25, -0.2) is 0 Å². The molecule has 1 amide bonds. The normalized spacial score (nSPS) is 17.5. The quantitative estimate of drug-likeness (QED) is 0.788. The molecule has 0 saturated carbocycles. The molecule has 134 valence electrons. The van der Waals surface area contributed by atoms with Gasteiger partial charge in [-0.05, 0) is 38.3 Å². The number of rotatable bonds is 3. The van der Waals surface area contributed by atoms with Crippen LogP contribution in [0, 0.1) is 13.8 Å². The molecule has 2 aromatic heterocycles. The van der Waals surface area contributed by atoms with Gasteiger partial charge in [-0.15, -0.1) is 0 Å². The SMILES string of the molecule is Cc1ccc(-c2cc(C(=O)N3CCCC(n4cc(C)cn4)C3)[nH]n2)cc1. The number of aromatic amines is 1. The van der Waals surface area contributed by atoms with E-state index in [1.54, 1.807) is 0 Å². The fourth-order valence-electron chi connectivity index (χ4n) is 3.46. The van der Waals surface area contributed by atoms with Gasteiger partial charge in [0.15, 0.2) is 0 Å². The summed E-state index contributed by atoms with van der Waals surface area (Å²) < 4.78 is 1.99. The molecule has 1 fully saturated rings. The van der Waals surface area contributed by atoms with Crippen LogP contribution in [0.3, 0.4) is 0 Å². The van der Waals surface area contributed by atoms with E-state index in [1.165, 1.54) is 5.56 Å². The lowest BCUT2D eigenvalue weighted by atomic mass is 10.1. The topological polar surface area (TPSA) is 66.8 Å². The van der Waals surface area contributed by atoms with Crippen molar-refractivity contribution in [1.82, 2.24) is 24.9 Å². The first-order chi connectivity index (χ1) is 12.6. The van der Waals surface area contributed by atoms with Gasteiger partial charge in [-0.1, -0.05) is 29.8 Å². The first kappa shape index (κ1) is 16.6. The van der Waals surface area contributed by atoms with Crippen LogP contribution in [0.1, 0.15) is 40.5 Å². The van der Waals surface area contributed by atoms with E-state index in [9.17, 15) is 4.79 Å². The largest absolute Gasteiger partial charge is 0.335 e. The van der Waals surface area contributed by atoms with E-state index in [-0.39, 0.29) is 11.9 Å². The Morgan fingerprint density at radius 1 is 1.19 bits per heavy atom. The average Bonchev–Trinajstić information content (AvgIpc) is 3.31. The fourth-order valence-corrected chi connectivity index (χ4v) is 3.46. The summed E-state index contributed by atoms with van der Waals surface area (Å²) in [7, 11) is 0. The molecular formula is C20H23N5O. The van der Waals surface area contributed by atoms with E-state index in [0.29, 0.717) is 12.2 Å². The van der Waals surface area contributed by atoms with E-state index in [1.807, 2.05) is 59.2 Å². The Kier molecular flexibility index (Phi) is 4.32. The van der Waals surface area contributed by atoms with Crippen LogP contribution < -0.4 is 0 Å². The van der Waals surface area contributed by atoms with Gasteiger partial charge < -0.3 is 4.90 Å². The molecule has 26 heavy (non-hydrogen) atoms. The van der Waals surface area contributed by atoms with Crippen LogP contribution in [0.4, 0.5) is 0 Å². The summed E-state index contributed by atoms with van der Waals surface area (Å²) >= 11 is 0. The molecule has 0 aliphatic carbocycles. The Labute approximate surface area is 152 Å². The van der Waals surface area contributed by atoms with Crippen molar-refractivity contribution in [3.8, 4) is 11.3 Å². The Morgan fingerprint density at radius 3 is 2.73 bits per heavy atom. The van der Waals surface area contributed by atoms with Crippen molar-refractivity contribution in [3.63, 3.8) is 0 Å². The third-order valence-electron chi connectivity index (χ3n) is 4.94. The lowest BCUT2D eigenvalue weighted by Crippen LogP contribution is -2.41. The van der Waals surface area contributed by atoms with E-state index >= 15 is 0 Å². The van der Waals surface area contributed by atoms with Crippen molar-refractivity contribution < 1.29 is 4.79 Å². The second-order valence-electron chi connectivity index (χ2n) is 7.08. The highest BCUT2D eigenvalue weighted by Crippen LogP contribution is 2.24. The molecular weight excluding hydrogens is 326 g/mol. The van der Waals surface area contributed by atoms with Gasteiger partial charge in [-0.2, -0.15) is 10.2 Å². The summed E-state index contributed by atoms with van der Waals surface area (Å²) in [4.78, 5) is 14.8. The molecule has 3 aromatic rings. The maximum atomic E-state index is 12.9. The van der Waals surface area contributed by atoms with E-state index in [4.69, 9.17) is 0 Å². The van der Waals surface area contributed by atoms with E-state index < -0.39 is 0 Å². The highest BCUT2D eigenvalue weighted by Gasteiger charge is 2.27. The van der Waals surface area contributed by atoms with Crippen molar-refractivity contribution in [2.75, 3.05) is 13.1 Å². The number of H-pyrrole nitrogens is 1. The van der Waals surface area contributed by atoms with E-state index in [2.05, 4.69) is 22.2 Å². The van der Waals surface area contributed by atoms with Crippen molar-refractivity contribution >= 4 is 5.91 Å². The van der Waals surface area contributed by atoms with Crippen LogP contribution in [0.15, 0.2) is 42.7 Å². The number of likely N-dealkylation sites (tertiary alicyclic amines) is 1. The molecule has 0 radical (unpaired) electrons. The second kappa shape index (κ2) is 6.78. The number of carbonyl (C=O) groups excluding carboxylic acids is 1. The zero-order valence-electron chi connectivity index (χ0n) is 15.1. The van der Waals surface area contributed by atoms with Gasteiger partial charge >= 0.3 is 0 Å². The molecule has 0 bridgehead atoms. The molecule has 1 saturated heterocycles. The number of nitrogens with zero attached hydrogens (tertiary/aromatic N) is 4. The Bertz CT molecular complexity index is 908. The summed E-state index contributed by atoms with van der Waals surface area (Å²) in [5.74, 6) is 0.00411. The lowest BCUT2D eigenvalue weighted by Gasteiger charge is -2.32. The molecule has 1 aliphatic rings. The highest BCUT2D eigenvalue weighted by atomic mass is 16.2. The summed E-state index contributed by atoms with van der Waals surface area (Å²) in [5.41, 5.74) is 4.69. The molecule has 1 unspecified atom stereocenters. The Balaban J connectivity index is 1.49. The maximum Gasteiger partial charge on any atom is 0.271 e. The standard InChI is InChI=1S/C20H23N5O/c1-14-5-7-16(8-6-14)18-10-19(23-22-18)20(26)24-9-3-4-17(13-24)25-12-15(2)11-21-25/h5-8,10-12,17H,3-4,9,13H2,1-2H3,(H,22,23). The Hall–Kier alpha value is -2.89. The smallest absolute Gasteiger partial charge is 0.271 e. The molecule has 1 aromatic carbocycles. The molecule has 3 heterocycles. The van der Waals surface area contributed by atoms with Crippen molar-refractivity contribution in [1.29, 1.82) is 0 Å². The average molecular weight is 349 g/mol. The number of aromatic nitrogens is 4. The van der Waals surface area contributed by atoms with Gasteiger partial charge in [0, 0.05) is 24.8 Å². The molecule has 1 atom stereocenters. The molecule has 6 nitrogen and oxygen atoms in total. The first-order valence-corrected chi connectivity index (χ1v) is 9.02. The Morgan fingerprint density at radius 2 is 2.00 bits per heavy atom. The predicted octanol–water partition coefficient (Wildman–Crippen LogP) is 3.37. The van der Waals surface area contributed by atoms with Crippen molar-refractivity contribution in [2.24, 2.45) is 0 Å². The van der Waals surface area contributed by atoms with Gasteiger partial charge in [0.25, 0.3) is 5.91 Å². The summed E-state index contributed by atoms with van der Waals surface area (Å²) in [6.07, 6.45) is 5.94. The zero-order chi connectivity index (χ0) is 18.1. The second-order valence-corrected chi connectivity index (χ2v) is 7.08. The number of carbonyl (C=O) groups is 1. The minimum absolute atomic E-state index is 0.00411. The molecule has 6 heteroatoms.